The van der Waals surface area contributed by atoms with Crippen LogP contribution in [0.15, 0.2) is 22.7 Å². The molecule has 0 unspecified atom stereocenters. The van der Waals surface area contributed by atoms with Gasteiger partial charge in [-0.2, -0.15) is 4.98 Å². The molecule has 0 bridgehead atoms. The molecule has 2 rings (SSSR count). The molecule has 0 spiro atoms. The van der Waals surface area contributed by atoms with E-state index in [0.29, 0.717) is 5.82 Å². The van der Waals surface area contributed by atoms with E-state index in [1.807, 2.05) is 0 Å². The molecule has 78 valence electrons. The lowest BCUT2D eigenvalue weighted by Gasteiger charge is -1.98. The lowest BCUT2D eigenvalue weighted by Crippen LogP contribution is -1.98. The van der Waals surface area contributed by atoms with Gasteiger partial charge in [-0.1, -0.05) is 22.8 Å². The van der Waals surface area contributed by atoms with E-state index in [1.165, 1.54) is 12.1 Å². The zero-order valence-corrected chi connectivity index (χ0v) is 8.33. The average Bonchev–Trinajstić information content (AvgIpc) is 2.66. The fourth-order valence-corrected chi connectivity index (χ4v) is 1.38. The van der Waals surface area contributed by atoms with Gasteiger partial charge < -0.3 is 10.3 Å². The summed E-state index contributed by atoms with van der Waals surface area (Å²) in [5.74, 6) is -0.155. The van der Waals surface area contributed by atoms with Crippen molar-refractivity contribution in [3.63, 3.8) is 0 Å². The molecule has 2 N–H and O–H groups in total. The highest BCUT2D eigenvalue weighted by Crippen LogP contribution is 2.28. The van der Waals surface area contributed by atoms with Gasteiger partial charge in [0, 0.05) is 0 Å². The van der Waals surface area contributed by atoms with Crippen LogP contribution in [0.4, 0.5) is 4.39 Å². The van der Waals surface area contributed by atoms with Crippen molar-refractivity contribution in [3.05, 3.63) is 34.9 Å². The van der Waals surface area contributed by atoms with Crippen LogP contribution in [0.2, 0.25) is 5.02 Å². The Morgan fingerprint density at radius 3 is 2.87 bits per heavy atom. The molecule has 0 aliphatic carbocycles. The highest BCUT2D eigenvalue weighted by atomic mass is 35.5. The molecule has 0 saturated heterocycles. The van der Waals surface area contributed by atoms with Crippen molar-refractivity contribution in [1.82, 2.24) is 10.1 Å². The van der Waals surface area contributed by atoms with Gasteiger partial charge in [-0.3, -0.25) is 0 Å². The summed E-state index contributed by atoms with van der Waals surface area (Å²) < 4.78 is 18.2. The van der Waals surface area contributed by atoms with Gasteiger partial charge in [0.2, 0.25) is 0 Å². The van der Waals surface area contributed by atoms with Gasteiger partial charge >= 0.3 is 0 Å². The fraction of sp³-hybridized carbons (Fsp3) is 0.111. The number of nitrogens with two attached hydrogens (primary N) is 1. The third kappa shape index (κ3) is 1.84. The van der Waals surface area contributed by atoms with E-state index < -0.39 is 5.82 Å². The Labute approximate surface area is 89.8 Å². The van der Waals surface area contributed by atoms with Gasteiger partial charge in [0.15, 0.2) is 5.82 Å². The number of nitrogens with zero attached hydrogens (tertiary/aromatic N) is 2. The molecule has 2 aromatic rings. The molecule has 4 nitrogen and oxygen atoms in total. The Bertz CT molecular complexity index is 466. The monoisotopic (exact) mass is 227 g/mol. The highest BCUT2D eigenvalue weighted by Gasteiger charge is 2.15. The van der Waals surface area contributed by atoms with Crippen molar-refractivity contribution >= 4 is 11.6 Å². The zero-order chi connectivity index (χ0) is 10.8. The molecule has 0 atom stereocenters. The first-order chi connectivity index (χ1) is 7.22. The van der Waals surface area contributed by atoms with E-state index in [0.717, 1.165) is 0 Å². The van der Waals surface area contributed by atoms with Crippen LogP contribution in [0.5, 0.6) is 0 Å². The third-order valence-corrected chi connectivity index (χ3v) is 2.14. The third-order valence-electron chi connectivity index (χ3n) is 1.83. The average molecular weight is 228 g/mol. The summed E-state index contributed by atoms with van der Waals surface area (Å²) >= 11 is 5.82. The second kappa shape index (κ2) is 3.96. The SMILES string of the molecule is NCc1noc(-c2c(F)cccc2Cl)n1. The number of halogens is 2. The van der Waals surface area contributed by atoms with E-state index in [9.17, 15) is 4.39 Å². The summed E-state index contributed by atoms with van der Waals surface area (Å²) in [6.07, 6.45) is 0. The van der Waals surface area contributed by atoms with Crippen LogP contribution < -0.4 is 5.73 Å². The number of rotatable bonds is 2. The first-order valence-electron chi connectivity index (χ1n) is 4.19. The van der Waals surface area contributed by atoms with Crippen LogP contribution in [0.3, 0.4) is 0 Å². The molecule has 15 heavy (non-hydrogen) atoms. The molecule has 0 saturated carbocycles. The Balaban J connectivity index is 2.53. The molecule has 1 heterocycles. The first-order valence-corrected chi connectivity index (χ1v) is 4.57. The van der Waals surface area contributed by atoms with Crippen molar-refractivity contribution in [2.24, 2.45) is 5.73 Å². The topological polar surface area (TPSA) is 64.9 Å². The van der Waals surface area contributed by atoms with E-state index in [1.54, 1.807) is 6.07 Å². The molecule has 0 amide bonds. The number of hydrogen-bond acceptors (Lipinski definition) is 4. The quantitative estimate of drug-likeness (QED) is 0.852. The molecule has 1 aromatic heterocycles. The smallest absolute Gasteiger partial charge is 0.262 e. The molecule has 0 radical (unpaired) electrons. The minimum absolute atomic E-state index is 0.0403. The van der Waals surface area contributed by atoms with Crippen LogP contribution >= 0.6 is 11.6 Å². The van der Waals surface area contributed by atoms with Gasteiger partial charge in [0.1, 0.15) is 5.82 Å². The molecule has 0 fully saturated rings. The van der Waals surface area contributed by atoms with Crippen LogP contribution in [-0.4, -0.2) is 10.1 Å². The second-order valence-electron chi connectivity index (χ2n) is 2.82. The van der Waals surface area contributed by atoms with Crippen molar-refractivity contribution in [3.8, 4) is 11.5 Å². The standard InChI is InChI=1S/C9H7ClFN3O/c10-5-2-1-3-6(11)8(5)9-13-7(4-12)14-15-9/h1-3H,4,12H2. The number of aromatic nitrogens is 2. The maximum absolute atomic E-state index is 13.4. The summed E-state index contributed by atoms with van der Waals surface area (Å²) in [6, 6.07) is 4.32. The summed E-state index contributed by atoms with van der Waals surface area (Å²) in [5.41, 5.74) is 5.41. The number of hydrogen-bond donors (Lipinski definition) is 1. The van der Waals surface area contributed by atoms with E-state index in [2.05, 4.69) is 10.1 Å². The normalized spacial score (nSPS) is 10.6. The Morgan fingerprint density at radius 2 is 2.27 bits per heavy atom. The minimum atomic E-state index is -0.505. The van der Waals surface area contributed by atoms with E-state index in [4.69, 9.17) is 21.9 Å². The predicted octanol–water partition coefficient (Wildman–Crippen LogP) is 1.99. The van der Waals surface area contributed by atoms with E-state index in [-0.39, 0.29) is 23.0 Å². The minimum Gasteiger partial charge on any atom is -0.334 e. The maximum atomic E-state index is 13.4. The van der Waals surface area contributed by atoms with Crippen molar-refractivity contribution in [2.45, 2.75) is 6.54 Å². The van der Waals surface area contributed by atoms with Gasteiger partial charge in [-0.05, 0) is 12.1 Å². The molecule has 0 aliphatic rings. The predicted molar refractivity (Wildman–Crippen MR) is 52.6 cm³/mol. The molecule has 0 aliphatic heterocycles. The molecule has 1 aromatic carbocycles. The van der Waals surface area contributed by atoms with Crippen molar-refractivity contribution < 1.29 is 8.91 Å². The number of benzene rings is 1. The van der Waals surface area contributed by atoms with Crippen LogP contribution in [0.1, 0.15) is 5.82 Å². The molecular weight excluding hydrogens is 221 g/mol. The molecular formula is C9H7ClFN3O. The van der Waals surface area contributed by atoms with Crippen LogP contribution in [0.25, 0.3) is 11.5 Å². The van der Waals surface area contributed by atoms with Gasteiger partial charge in [-0.15, -0.1) is 0 Å². The van der Waals surface area contributed by atoms with Gasteiger partial charge in [0.25, 0.3) is 5.89 Å². The summed E-state index contributed by atoms with van der Waals surface area (Å²) in [5, 5.41) is 3.78. The summed E-state index contributed by atoms with van der Waals surface area (Å²) in [7, 11) is 0. The van der Waals surface area contributed by atoms with Gasteiger partial charge in [0.05, 0.1) is 17.1 Å². The zero-order valence-electron chi connectivity index (χ0n) is 7.58. The Hall–Kier alpha value is -1.46. The van der Waals surface area contributed by atoms with Crippen LogP contribution in [-0.2, 0) is 6.54 Å². The maximum Gasteiger partial charge on any atom is 0.262 e. The van der Waals surface area contributed by atoms with Crippen LogP contribution in [0, 0.1) is 5.82 Å². The largest absolute Gasteiger partial charge is 0.334 e. The van der Waals surface area contributed by atoms with E-state index >= 15 is 0 Å². The highest BCUT2D eigenvalue weighted by molar-refractivity contribution is 6.33. The van der Waals surface area contributed by atoms with Gasteiger partial charge in [-0.25, -0.2) is 4.39 Å². The van der Waals surface area contributed by atoms with Crippen molar-refractivity contribution in [1.29, 1.82) is 0 Å². The summed E-state index contributed by atoms with van der Waals surface area (Å²) in [4.78, 5) is 3.89. The van der Waals surface area contributed by atoms with Crippen molar-refractivity contribution in [2.75, 3.05) is 0 Å². The summed E-state index contributed by atoms with van der Waals surface area (Å²) in [6.45, 7) is 0.134. The fourth-order valence-electron chi connectivity index (χ4n) is 1.14. The Kier molecular flexibility index (Phi) is 2.66. The Morgan fingerprint density at radius 1 is 1.47 bits per heavy atom. The second-order valence-corrected chi connectivity index (χ2v) is 3.22. The first kappa shape index (κ1) is 10.1. The lowest BCUT2D eigenvalue weighted by atomic mass is 10.2. The molecule has 6 heteroatoms. The lowest BCUT2D eigenvalue weighted by molar-refractivity contribution is 0.420.